The highest BCUT2D eigenvalue weighted by Gasteiger charge is 2.23. The summed E-state index contributed by atoms with van der Waals surface area (Å²) in [6, 6.07) is 5.56. The van der Waals surface area contributed by atoms with Gasteiger partial charge < -0.3 is 10.6 Å². The van der Waals surface area contributed by atoms with Crippen molar-refractivity contribution in [1.82, 2.24) is 10.6 Å². The molecule has 0 saturated carbocycles. The molecule has 1 aromatic rings. The van der Waals surface area contributed by atoms with Gasteiger partial charge in [-0.3, -0.25) is 19.6 Å². The summed E-state index contributed by atoms with van der Waals surface area (Å²) in [5, 5.41) is 12.9. The minimum Gasteiger partial charge on any atom is -0.353 e. The monoisotopic (exact) mass is 313 g/mol. The van der Waals surface area contributed by atoms with Gasteiger partial charge in [0.1, 0.15) is 6.04 Å². The second-order valence-electron chi connectivity index (χ2n) is 4.45. The van der Waals surface area contributed by atoms with E-state index in [2.05, 4.69) is 20.7 Å². The number of benzene rings is 1. The smallest absolute Gasteiger partial charge is 0.296 e. The van der Waals surface area contributed by atoms with Gasteiger partial charge in [-0.15, -0.1) is 0 Å². The number of hydrogen-bond acceptors (Lipinski definition) is 5. The largest absolute Gasteiger partial charge is 0.353 e. The Bertz CT molecular complexity index is 650. The Morgan fingerprint density at radius 2 is 2.05 bits per heavy atom. The minimum atomic E-state index is -3.87. The Morgan fingerprint density at radius 1 is 1.33 bits per heavy atom. The molecule has 0 aromatic heterocycles. The van der Waals surface area contributed by atoms with Crippen LogP contribution in [0.2, 0.25) is 0 Å². The first-order valence-electron chi connectivity index (χ1n) is 6.05. The maximum atomic E-state index is 12.0. The van der Waals surface area contributed by atoms with Gasteiger partial charge >= 0.3 is 0 Å². The Morgan fingerprint density at radius 3 is 2.67 bits per heavy atom. The highest BCUT2D eigenvalue weighted by Crippen LogP contribution is 2.15. The van der Waals surface area contributed by atoms with E-state index >= 15 is 0 Å². The molecule has 2 rings (SSSR count). The molecular weight excluding hydrogens is 298 g/mol. The summed E-state index contributed by atoms with van der Waals surface area (Å²) in [4.78, 5) is 23.0. The molecule has 2 amide bonds. The minimum absolute atomic E-state index is 0.0745. The van der Waals surface area contributed by atoms with E-state index in [1.165, 1.54) is 12.1 Å². The van der Waals surface area contributed by atoms with Crippen LogP contribution in [0.5, 0.6) is 0 Å². The van der Waals surface area contributed by atoms with E-state index < -0.39 is 16.3 Å². The predicted molar refractivity (Wildman–Crippen MR) is 76.6 cm³/mol. The molecule has 1 aromatic carbocycles. The maximum Gasteiger partial charge on any atom is 0.296 e. The van der Waals surface area contributed by atoms with E-state index in [1.54, 1.807) is 12.1 Å². The number of carbonyl (C=O) groups is 2. The number of anilines is 2. The van der Waals surface area contributed by atoms with Gasteiger partial charge in [-0.05, 0) is 18.2 Å². The molecule has 6 N–H and O–H groups in total. The van der Waals surface area contributed by atoms with Gasteiger partial charge in [0.05, 0.1) is 12.2 Å². The molecule has 1 unspecified atom stereocenters. The molecule has 9 nitrogen and oxygen atoms in total. The summed E-state index contributed by atoms with van der Waals surface area (Å²) in [7, 11) is -3.87. The Balaban J connectivity index is 2.01. The predicted octanol–water partition coefficient (Wildman–Crippen LogP) is -1.67. The van der Waals surface area contributed by atoms with E-state index in [1.807, 2.05) is 0 Å². The topological polar surface area (TPSA) is 142 Å². The molecule has 1 fully saturated rings. The quantitative estimate of drug-likeness (QED) is 0.451. The lowest BCUT2D eigenvalue weighted by Gasteiger charge is -2.23. The molecular formula is C11H15N5O4S. The molecule has 0 spiro atoms. The van der Waals surface area contributed by atoms with E-state index in [9.17, 15) is 18.0 Å². The van der Waals surface area contributed by atoms with Crippen molar-refractivity contribution in [3.05, 3.63) is 24.3 Å². The van der Waals surface area contributed by atoms with E-state index in [0.29, 0.717) is 5.69 Å². The Kier molecular flexibility index (Phi) is 4.40. The lowest BCUT2D eigenvalue weighted by molar-refractivity contribution is -0.124. The van der Waals surface area contributed by atoms with Gasteiger partial charge in [-0.25, -0.2) is 5.14 Å². The number of rotatable bonds is 4. The van der Waals surface area contributed by atoms with Crippen LogP contribution in [0, 0.1) is 0 Å². The van der Waals surface area contributed by atoms with Crippen molar-refractivity contribution >= 4 is 33.4 Å². The molecule has 1 aliphatic rings. The van der Waals surface area contributed by atoms with Crippen molar-refractivity contribution in [2.45, 2.75) is 6.04 Å². The number of nitrogens with two attached hydrogens (primary N) is 1. The average Bonchev–Trinajstić information content (AvgIpc) is 2.37. The zero-order valence-corrected chi connectivity index (χ0v) is 11.7. The van der Waals surface area contributed by atoms with Crippen molar-refractivity contribution < 1.29 is 18.0 Å². The van der Waals surface area contributed by atoms with Crippen LogP contribution >= 0.6 is 0 Å². The third kappa shape index (κ3) is 4.70. The van der Waals surface area contributed by atoms with Crippen LogP contribution in [0.4, 0.5) is 11.4 Å². The van der Waals surface area contributed by atoms with Gasteiger partial charge in [0.15, 0.2) is 0 Å². The van der Waals surface area contributed by atoms with Crippen LogP contribution in [0.1, 0.15) is 0 Å². The average molecular weight is 313 g/mol. The number of hydrogen-bond donors (Lipinski definition) is 5. The van der Waals surface area contributed by atoms with Gasteiger partial charge in [-0.1, -0.05) is 6.07 Å². The molecule has 0 aliphatic carbocycles. The zero-order valence-electron chi connectivity index (χ0n) is 10.9. The molecule has 1 aliphatic heterocycles. The van der Waals surface area contributed by atoms with Crippen molar-refractivity contribution in [3.63, 3.8) is 0 Å². The summed E-state index contributed by atoms with van der Waals surface area (Å²) in [6.07, 6.45) is 0. The molecule has 21 heavy (non-hydrogen) atoms. The summed E-state index contributed by atoms with van der Waals surface area (Å²) < 4.78 is 24.0. The standard InChI is InChI=1S/C11H15N5O4S/c12-21(19,20)16-8-3-1-2-7(4-8)15-11(18)9-5-14-10(17)6-13-9/h1-4,9,13,16H,5-6H2,(H,14,17)(H,15,18)(H2,12,19,20). The third-order valence-corrected chi connectivity index (χ3v) is 3.24. The fourth-order valence-electron chi connectivity index (χ4n) is 1.81. The molecule has 114 valence electrons. The summed E-state index contributed by atoms with van der Waals surface area (Å²) in [5.74, 6) is -0.499. The first-order valence-corrected chi connectivity index (χ1v) is 7.60. The summed E-state index contributed by atoms with van der Waals surface area (Å²) in [6.45, 7) is 0.269. The van der Waals surface area contributed by atoms with Gasteiger partial charge in [0.2, 0.25) is 11.8 Å². The van der Waals surface area contributed by atoms with Crippen molar-refractivity contribution in [1.29, 1.82) is 0 Å². The highest BCUT2D eigenvalue weighted by atomic mass is 32.2. The lowest BCUT2D eigenvalue weighted by atomic mass is 10.2. The van der Waals surface area contributed by atoms with E-state index in [-0.39, 0.29) is 30.6 Å². The molecule has 10 heteroatoms. The SMILES string of the molecule is NS(=O)(=O)Nc1cccc(NC(=O)C2CNC(=O)CN2)c1. The second-order valence-corrected chi connectivity index (χ2v) is 5.75. The molecule has 1 saturated heterocycles. The first-order chi connectivity index (χ1) is 9.83. The molecule has 0 radical (unpaired) electrons. The van der Waals surface area contributed by atoms with E-state index in [4.69, 9.17) is 5.14 Å². The fourth-order valence-corrected chi connectivity index (χ4v) is 2.26. The number of piperazine rings is 1. The highest BCUT2D eigenvalue weighted by molar-refractivity contribution is 7.90. The fraction of sp³-hybridized carbons (Fsp3) is 0.273. The van der Waals surface area contributed by atoms with Crippen molar-refractivity contribution in [2.75, 3.05) is 23.1 Å². The van der Waals surface area contributed by atoms with Crippen LogP contribution in [0.15, 0.2) is 24.3 Å². The van der Waals surface area contributed by atoms with Gasteiger partial charge in [0.25, 0.3) is 10.2 Å². The molecule has 1 heterocycles. The first kappa shape index (κ1) is 15.2. The Hall–Kier alpha value is -2.17. The van der Waals surface area contributed by atoms with Crippen LogP contribution in [0.3, 0.4) is 0 Å². The number of carbonyl (C=O) groups excluding carboxylic acids is 2. The molecule has 1 atom stereocenters. The van der Waals surface area contributed by atoms with Crippen molar-refractivity contribution in [3.8, 4) is 0 Å². The second kappa shape index (κ2) is 6.08. The third-order valence-electron chi connectivity index (χ3n) is 2.72. The van der Waals surface area contributed by atoms with Gasteiger partial charge in [0, 0.05) is 12.2 Å². The van der Waals surface area contributed by atoms with Crippen LogP contribution in [-0.4, -0.2) is 39.4 Å². The van der Waals surface area contributed by atoms with Crippen LogP contribution in [0.25, 0.3) is 0 Å². The number of nitrogens with one attached hydrogen (secondary N) is 4. The Labute approximate surface area is 121 Å². The normalized spacial score (nSPS) is 18.7. The van der Waals surface area contributed by atoms with Crippen molar-refractivity contribution in [2.24, 2.45) is 5.14 Å². The summed E-state index contributed by atoms with van der Waals surface area (Å²) in [5.41, 5.74) is 0.646. The lowest BCUT2D eigenvalue weighted by Crippen LogP contribution is -2.56. The van der Waals surface area contributed by atoms with Gasteiger partial charge in [-0.2, -0.15) is 8.42 Å². The number of amides is 2. The molecule has 0 bridgehead atoms. The zero-order chi connectivity index (χ0) is 15.5. The van der Waals surface area contributed by atoms with Crippen LogP contribution < -0.4 is 25.8 Å². The summed E-state index contributed by atoms with van der Waals surface area (Å²) >= 11 is 0. The maximum absolute atomic E-state index is 12.0. The van der Waals surface area contributed by atoms with Crippen LogP contribution in [-0.2, 0) is 19.8 Å². The van der Waals surface area contributed by atoms with E-state index in [0.717, 1.165) is 0 Å².